The Morgan fingerprint density at radius 1 is 1.33 bits per heavy atom. The van der Waals surface area contributed by atoms with Gasteiger partial charge in [-0.15, -0.1) is 0 Å². The van der Waals surface area contributed by atoms with E-state index in [1.165, 1.54) is 17.5 Å². The Morgan fingerprint density at radius 2 is 2.33 bits per heavy atom. The number of rotatable bonds is 5. The van der Waals surface area contributed by atoms with Gasteiger partial charge in [-0.2, -0.15) is 4.98 Å². The van der Waals surface area contributed by atoms with E-state index in [1.807, 2.05) is 0 Å². The lowest BCUT2D eigenvalue weighted by Crippen LogP contribution is -2.16. The molecule has 0 fully saturated rings. The fourth-order valence-corrected chi connectivity index (χ4v) is 2.08. The Labute approximate surface area is 105 Å². The number of nitrogens with one attached hydrogen (secondary N) is 1. The van der Waals surface area contributed by atoms with Crippen molar-refractivity contribution < 1.29 is 9.26 Å². The summed E-state index contributed by atoms with van der Waals surface area (Å²) in [7, 11) is 0. The zero-order valence-corrected chi connectivity index (χ0v) is 10.1. The van der Waals surface area contributed by atoms with E-state index in [4.69, 9.17) is 9.26 Å². The molecule has 5 heteroatoms. The van der Waals surface area contributed by atoms with E-state index in [-0.39, 0.29) is 0 Å². The molecule has 5 nitrogen and oxygen atoms in total. The summed E-state index contributed by atoms with van der Waals surface area (Å²) >= 11 is 0. The van der Waals surface area contributed by atoms with Crippen LogP contribution in [0.2, 0.25) is 0 Å². The van der Waals surface area contributed by atoms with E-state index in [2.05, 4.69) is 33.7 Å². The van der Waals surface area contributed by atoms with Crippen molar-refractivity contribution in [2.45, 2.75) is 19.4 Å². The van der Waals surface area contributed by atoms with Gasteiger partial charge in [-0.3, -0.25) is 0 Å². The summed E-state index contributed by atoms with van der Waals surface area (Å²) in [4.78, 5) is 3.97. The molecular weight excluding hydrogens is 230 g/mol. The quantitative estimate of drug-likeness (QED) is 0.805. The third-order valence-electron chi connectivity index (χ3n) is 3.01. The third kappa shape index (κ3) is 2.51. The van der Waals surface area contributed by atoms with Crippen LogP contribution in [0.25, 0.3) is 0 Å². The highest BCUT2D eigenvalue weighted by atomic mass is 16.5. The molecular formula is C13H15N3O2. The van der Waals surface area contributed by atoms with Crippen LogP contribution in [-0.2, 0) is 19.4 Å². The van der Waals surface area contributed by atoms with E-state index in [9.17, 15) is 0 Å². The van der Waals surface area contributed by atoms with Crippen LogP contribution >= 0.6 is 0 Å². The highest BCUT2D eigenvalue weighted by Crippen LogP contribution is 2.25. The number of fused-ring (bicyclic) bond motifs is 1. The third-order valence-corrected chi connectivity index (χ3v) is 3.01. The summed E-state index contributed by atoms with van der Waals surface area (Å²) in [6, 6.07) is 6.36. The second kappa shape index (κ2) is 5.18. The predicted molar refractivity (Wildman–Crippen MR) is 65.3 cm³/mol. The molecule has 94 valence electrons. The van der Waals surface area contributed by atoms with Gasteiger partial charge in [0.25, 0.3) is 0 Å². The van der Waals surface area contributed by atoms with Crippen LogP contribution in [0.5, 0.6) is 5.75 Å². The van der Waals surface area contributed by atoms with Crippen LogP contribution in [0.3, 0.4) is 0 Å². The van der Waals surface area contributed by atoms with Gasteiger partial charge in [-0.1, -0.05) is 17.3 Å². The Kier molecular flexibility index (Phi) is 3.23. The fourth-order valence-electron chi connectivity index (χ4n) is 2.08. The monoisotopic (exact) mass is 245 g/mol. The summed E-state index contributed by atoms with van der Waals surface area (Å²) in [5.74, 6) is 1.70. The van der Waals surface area contributed by atoms with Gasteiger partial charge in [0, 0.05) is 25.9 Å². The van der Waals surface area contributed by atoms with Gasteiger partial charge in [-0.25, -0.2) is 0 Å². The number of benzene rings is 1. The van der Waals surface area contributed by atoms with Gasteiger partial charge in [0.15, 0.2) is 6.33 Å². The zero-order valence-electron chi connectivity index (χ0n) is 10.1. The van der Waals surface area contributed by atoms with Crippen molar-refractivity contribution in [3.05, 3.63) is 41.5 Å². The minimum Gasteiger partial charge on any atom is -0.493 e. The molecule has 0 aliphatic carbocycles. The van der Waals surface area contributed by atoms with E-state index < -0.39 is 0 Å². The van der Waals surface area contributed by atoms with Crippen molar-refractivity contribution >= 4 is 0 Å². The van der Waals surface area contributed by atoms with Crippen LogP contribution in [0.1, 0.15) is 17.0 Å². The first-order valence-electron chi connectivity index (χ1n) is 6.13. The van der Waals surface area contributed by atoms with Crippen molar-refractivity contribution in [3.63, 3.8) is 0 Å². The maximum absolute atomic E-state index is 5.48. The van der Waals surface area contributed by atoms with Gasteiger partial charge in [-0.05, 0) is 17.2 Å². The lowest BCUT2D eigenvalue weighted by atomic mass is 10.1. The molecule has 3 rings (SSSR count). The molecule has 0 radical (unpaired) electrons. The zero-order chi connectivity index (χ0) is 12.2. The molecule has 0 saturated heterocycles. The average molecular weight is 245 g/mol. The summed E-state index contributed by atoms with van der Waals surface area (Å²) in [6.45, 7) is 2.49. The van der Waals surface area contributed by atoms with Gasteiger partial charge < -0.3 is 14.6 Å². The Balaban J connectivity index is 1.48. The minimum atomic E-state index is 0.671. The lowest BCUT2D eigenvalue weighted by molar-refractivity contribution is 0.357. The smallest absolute Gasteiger partial charge is 0.227 e. The molecule has 0 saturated carbocycles. The highest BCUT2D eigenvalue weighted by Gasteiger charge is 2.11. The largest absolute Gasteiger partial charge is 0.493 e. The Bertz CT molecular complexity index is 511. The first kappa shape index (κ1) is 11.2. The molecule has 0 spiro atoms. The Morgan fingerprint density at radius 3 is 3.22 bits per heavy atom. The van der Waals surface area contributed by atoms with Gasteiger partial charge >= 0.3 is 0 Å². The van der Waals surface area contributed by atoms with Crippen molar-refractivity contribution in [2.24, 2.45) is 0 Å². The molecule has 0 atom stereocenters. The number of nitrogens with zero attached hydrogens (tertiary/aromatic N) is 2. The van der Waals surface area contributed by atoms with E-state index in [1.54, 1.807) is 0 Å². The lowest BCUT2D eigenvalue weighted by Gasteiger charge is -2.05. The molecule has 0 unspecified atom stereocenters. The molecule has 1 aliphatic rings. The van der Waals surface area contributed by atoms with Gasteiger partial charge in [0.05, 0.1) is 6.61 Å². The van der Waals surface area contributed by atoms with E-state index >= 15 is 0 Å². The van der Waals surface area contributed by atoms with Crippen LogP contribution in [-0.4, -0.2) is 23.3 Å². The average Bonchev–Trinajstić information content (AvgIpc) is 3.05. The first-order valence-corrected chi connectivity index (χ1v) is 6.13. The number of hydrogen-bond acceptors (Lipinski definition) is 5. The van der Waals surface area contributed by atoms with Gasteiger partial charge in [0.1, 0.15) is 5.75 Å². The maximum atomic E-state index is 5.48. The topological polar surface area (TPSA) is 60.2 Å². The van der Waals surface area contributed by atoms with Crippen LogP contribution < -0.4 is 10.1 Å². The SMILES string of the molecule is c1noc(CCNCc2ccc3c(c2)CCO3)n1. The summed E-state index contributed by atoms with van der Waals surface area (Å²) in [5, 5.41) is 6.93. The predicted octanol–water partition coefficient (Wildman–Crippen LogP) is 1.34. The number of aromatic nitrogens is 2. The number of ether oxygens (including phenoxy) is 1. The van der Waals surface area contributed by atoms with Crippen LogP contribution in [0.4, 0.5) is 0 Å². The van der Waals surface area contributed by atoms with Crippen molar-refractivity contribution in [3.8, 4) is 5.75 Å². The van der Waals surface area contributed by atoms with Crippen molar-refractivity contribution in [2.75, 3.05) is 13.2 Å². The maximum Gasteiger partial charge on any atom is 0.227 e. The van der Waals surface area contributed by atoms with E-state index in [0.717, 1.165) is 38.3 Å². The standard InChI is InChI=1S/C13H15N3O2/c1-2-12-11(4-6-17-12)7-10(1)8-14-5-3-13-15-9-16-18-13/h1-2,7,9,14H,3-6,8H2. The first-order chi connectivity index (χ1) is 8.92. The van der Waals surface area contributed by atoms with E-state index in [0.29, 0.717) is 5.89 Å². The second-order valence-electron chi connectivity index (χ2n) is 4.30. The molecule has 0 amide bonds. The Hall–Kier alpha value is -1.88. The highest BCUT2D eigenvalue weighted by molar-refractivity contribution is 5.39. The molecule has 2 heterocycles. The molecule has 0 bridgehead atoms. The van der Waals surface area contributed by atoms with Gasteiger partial charge in [0.2, 0.25) is 5.89 Å². The molecule has 1 aliphatic heterocycles. The molecule has 1 N–H and O–H groups in total. The second-order valence-corrected chi connectivity index (χ2v) is 4.30. The molecule has 18 heavy (non-hydrogen) atoms. The summed E-state index contributed by atoms with van der Waals surface area (Å²) in [6.07, 6.45) is 3.20. The summed E-state index contributed by atoms with van der Waals surface area (Å²) < 4.78 is 10.4. The van der Waals surface area contributed by atoms with Crippen LogP contribution in [0, 0.1) is 0 Å². The molecule has 1 aromatic carbocycles. The van der Waals surface area contributed by atoms with Crippen molar-refractivity contribution in [1.82, 2.24) is 15.5 Å². The summed E-state index contributed by atoms with van der Waals surface area (Å²) in [5.41, 5.74) is 2.59. The minimum absolute atomic E-state index is 0.671. The van der Waals surface area contributed by atoms with Crippen LogP contribution in [0.15, 0.2) is 29.0 Å². The fraction of sp³-hybridized carbons (Fsp3) is 0.385. The number of hydrogen-bond donors (Lipinski definition) is 1. The molecule has 1 aromatic heterocycles. The normalized spacial score (nSPS) is 13.3. The molecule has 2 aromatic rings. The van der Waals surface area contributed by atoms with Crippen molar-refractivity contribution in [1.29, 1.82) is 0 Å².